The largest absolute Gasteiger partial charge is 0.478 e. The Morgan fingerprint density at radius 2 is 1.84 bits per heavy atom. The van der Waals surface area contributed by atoms with E-state index in [1.165, 1.54) is 24.3 Å². The molecule has 0 heterocycles. The van der Waals surface area contributed by atoms with Gasteiger partial charge in [0.05, 0.1) is 10.6 Å². The van der Waals surface area contributed by atoms with E-state index < -0.39 is 5.97 Å². The standard InChI is InChI=1S/C14H10ClFO3/c1-8-2-3-10(7-13(8)16)19-9-4-5-11(14(17)18)12(15)6-9/h2-7H,1H3,(H,17,18). The van der Waals surface area contributed by atoms with E-state index in [2.05, 4.69) is 0 Å². The van der Waals surface area contributed by atoms with Crippen LogP contribution in [0, 0.1) is 12.7 Å². The molecule has 2 aromatic rings. The molecule has 1 N–H and O–H groups in total. The van der Waals surface area contributed by atoms with Crippen LogP contribution in [0.15, 0.2) is 36.4 Å². The van der Waals surface area contributed by atoms with Gasteiger partial charge in [0.15, 0.2) is 0 Å². The summed E-state index contributed by atoms with van der Waals surface area (Å²) in [5.41, 5.74) is 0.510. The van der Waals surface area contributed by atoms with Gasteiger partial charge in [-0.15, -0.1) is 0 Å². The molecule has 0 fully saturated rings. The number of rotatable bonds is 3. The van der Waals surface area contributed by atoms with Gasteiger partial charge in [0.2, 0.25) is 0 Å². The van der Waals surface area contributed by atoms with Crippen LogP contribution in [-0.2, 0) is 0 Å². The average Bonchev–Trinajstić information content (AvgIpc) is 2.33. The van der Waals surface area contributed by atoms with Crippen LogP contribution in [0.25, 0.3) is 0 Å². The number of carboxylic acids is 1. The maximum atomic E-state index is 13.3. The second kappa shape index (κ2) is 5.28. The molecule has 0 aliphatic rings. The first-order valence-corrected chi connectivity index (χ1v) is 5.82. The van der Waals surface area contributed by atoms with Crippen LogP contribution >= 0.6 is 11.6 Å². The molecule has 0 saturated carbocycles. The number of hydrogen-bond acceptors (Lipinski definition) is 2. The summed E-state index contributed by atoms with van der Waals surface area (Å²) in [7, 11) is 0. The van der Waals surface area contributed by atoms with E-state index in [4.69, 9.17) is 21.4 Å². The topological polar surface area (TPSA) is 46.5 Å². The number of halogens is 2. The highest BCUT2D eigenvalue weighted by Gasteiger charge is 2.10. The number of aromatic carboxylic acids is 1. The van der Waals surface area contributed by atoms with Gasteiger partial charge in [-0.1, -0.05) is 17.7 Å². The summed E-state index contributed by atoms with van der Waals surface area (Å²) in [4.78, 5) is 10.8. The van der Waals surface area contributed by atoms with Crippen molar-refractivity contribution in [1.82, 2.24) is 0 Å². The first-order chi connectivity index (χ1) is 8.97. The second-order valence-corrected chi connectivity index (χ2v) is 4.37. The Labute approximate surface area is 114 Å². The summed E-state index contributed by atoms with van der Waals surface area (Å²) in [6.45, 7) is 1.65. The maximum absolute atomic E-state index is 13.3. The lowest BCUT2D eigenvalue weighted by molar-refractivity contribution is 0.0697. The van der Waals surface area contributed by atoms with E-state index >= 15 is 0 Å². The summed E-state index contributed by atoms with van der Waals surface area (Å²) in [6, 6.07) is 8.66. The molecule has 98 valence electrons. The Hall–Kier alpha value is -2.07. The van der Waals surface area contributed by atoms with Gasteiger partial charge in [-0.05, 0) is 30.7 Å². The Morgan fingerprint density at radius 3 is 2.42 bits per heavy atom. The Morgan fingerprint density at radius 1 is 1.21 bits per heavy atom. The van der Waals surface area contributed by atoms with Crippen molar-refractivity contribution in [2.75, 3.05) is 0 Å². The SMILES string of the molecule is Cc1ccc(Oc2ccc(C(=O)O)c(Cl)c2)cc1F. The van der Waals surface area contributed by atoms with Gasteiger partial charge in [0, 0.05) is 12.1 Å². The van der Waals surface area contributed by atoms with Gasteiger partial charge in [-0.25, -0.2) is 9.18 Å². The monoisotopic (exact) mass is 280 g/mol. The van der Waals surface area contributed by atoms with E-state index in [9.17, 15) is 9.18 Å². The Bertz CT molecular complexity index is 641. The molecule has 0 spiro atoms. The number of hydrogen-bond donors (Lipinski definition) is 1. The molecule has 0 saturated heterocycles. The molecule has 0 atom stereocenters. The summed E-state index contributed by atoms with van der Waals surface area (Å²) >= 11 is 5.81. The molecule has 2 rings (SSSR count). The minimum Gasteiger partial charge on any atom is -0.478 e. The average molecular weight is 281 g/mol. The summed E-state index contributed by atoms with van der Waals surface area (Å²) in [5.74, 6) is -0.816. The van der Waals surface area contributed by atoms with Gasteiger partial charge >= 0.3 is 5.97 Å². The third-order valence-corrected chi connectivity index (χ3v) is 2.86. The third-order valence-electron chi connectivity index (χ3n) is 2.55. The highest BCUT2D eigenvalue weighted by atomic mass is 35.5. The number of carboxylic acid groups (broad SMARTS) is 1. The van der Waals surface area contributed by atoms with Crippen molar-refractivity contribution in [1.29, 1.82) is 0 Å². The molecule has 5 heteroatoms. The van der Waals surface area contributed by atoms with E-state index in [0.717, 1.165) is 0 Å². The Balaban J connectivity index is 2.26. The molecular formula is C14H10ClFO3. The molecule has 0 aromatic heterocycles. The second-order valence-electron chi connectivity index (χ2n) is 3.96. The quantitative estimate of drug-likeness (QED) is 0.913. The van der Waals surface area contributed by atoms with Crippen molar-refractivity contribution in [2.24, 2.45) is 0 Å². The molecule has 19 heavy (non-hydrogen) atoms. The fourth-order valence-corrected chi connectivity index (χ4v) is 1.76. The van der Waals surface area contributed by atoms with E-state index in [0.29, 0.717) is 17.1 Å². The summed E-state index contributed by atoms with van der Waals surface area (Å²) in [6.07, 6.45) is 0. The molecule has 0 bridgehead atoms. The normalized spacial score (nSPS) is 10.3. The predicted octanol–water partition coefficient (Wildman–Crippen LogP) is 4.28. The van der Waals surface area contributed by atoms with Crippen LogP contribution in [0.3, 0.4) is 0 Å². The highest BCUT2D eigenvalue weighted by Crippen LogP contribution is 2.27. The molecule has 0 amide bonds. The van der Waals surface area contributed by atoms with Crippen molar-refractivity contribution >= 4 is 17.6 Å². The third kappa shape index (κ3) is 3.03. The summed E-state index contributed by atoms with van der Waals surface area (Å²) in [5, 5.41) is 8.91. The van der Waals surface area contributed by atoms with Gasteiger partial charge in [0.1, 0.15) is 17.3 Å². The molecule has 0 aliphatic carbocycles. The van der Waals surface area contributed by atoms with Crippen LogP contribution in [0.2, 0.25) is 5.02 Å². The van der Waals surface area contributed by atoms with Gasteiger partial charge in [-0.3, -0.25) is 0 Å². The molecule has 2 aromatic carbocycles. The van der Waals surface area contributed by atoms with E-state index in [1.54, 1.807) is 19.1 Å². The lowest BCUT2D eigenvalue weighted by atomic mass is 10.2. The Kier molecular flexibility index (Phi) is 3.71. The van der Waals surface area contributed by atoms with Crippen LogP contribution in [0.4, 0.5) is 4.39 Å². The zero-order chi connectivity index (χ0) is 14.0. The number of aryl methyl sites for hydroxylation is 1. The highest BCUT2D eigenvalue weighted by molar-refractivity contribution is 6.33. The lowest BCUT2D eigenvalue weighted by Gasteiger charge is -2.08. The molecule has 0 unspecified atom stereocenters. The first kappa shape index (κ1) is 13.4. The molecule has 0 aliphatic heterocycles. The van der Waals surface area contributed by atoms with Crippen LogP contribution in [0.1, 0.15) is 15.9 Å². The van der Waals surface area contributed by atoms with Crippen molar-refractivity contribution in [2.45, 2.75) is 6.92 Å². The zero-order valence-electron chi connectivity index (χ0n) is 9.98. The van der Waals surface area contributed by atoms with E-state index in [-0.39, 0.29) is 16.4 Å². The fourth-order valence-electron chi connectivity index (χ4n) is 1.51. The number of benzene rings is 2. The summed E-state index contributed by atoms with van der Waals surface area (Å²) < 4.78 is 18.8. The van der Waals surface area contributed by atoms with Gasteiger partial charge < -0.3 is 9.84 Å². The number of carbonyl (C=O) groups is 1. The van der Waals surface area contributed by atoms with Crippen LogP contribution < -0.4 is 4.74 Å². The van der Waals surface area contributed by atoms with Crippen molar-refractivity contribution in [3.8, 4) is 11.5 Å². The lowest BCUT2D eigenvalue weighted by Crippen LogP contribution is -1.97. The van der Waals surface area contributed by atoms with E-state index in [1.807, 2.05) is 0 Å². The number of ether oxygens (including phenoxy) is 1. The maximum Gasteiger partial charge on any atom is 0.337 e. The van der Waals surface area contributed by atoms with Crippen LogP contribution in [-0.4, -0.2) is 11.1 Å². The fraction of sp³-hybridized carbons (Fsp3) is 0.0714. The minimum absolute atomic E-state index is 0.0101. The van der Waals surface area contributed by atoms with Gasteiger partial charge in [-0.2, -0.15) is 0 Å². The first-order valence-electron chi connectivity index (χ1n) is 5.44. The smallest absolute Gasteiger partial charge is 0.337 e. The zero-order valence-corrected chi connectivity index (χ0v) is 10.7. The molecule has 3 nitrogen and oxygen atoms in total. The predicted molar refractivity (Wildman–Crippen MR) is 69.6 cm³/mol. The molecular weight excluding hydrogens is 271 g/mol. The van der Waals surface area contributed by atoms with Crippen molar-refractivity contribution < 1.29 is 19.0 Å². The van der Waals surface area contributed by atoms with Crippen molar-refractivity contribution in [3.05, 3.63) is 58.4 Å². The minimum atomic E-state index is -1.11. The molecule has 0 radical (unpaired) electrons. The van der Waals surface area contributed by atoms with Crippen molar-refractivity contribution in [3.63, 3.8) is 0 Å². The van der Waals surface area contributed by atoms with Crippen LogP contribution in [0.5, 0.6) is 11.5 Å². The van der Waals surface area contributed by atoms with Gasteiger partial charge in [0.25, 0.3) is 0 Å².